The monoisotopic (exact) mass is 253 g/mol. The van der Waals surface area contributed by atoms with E-state index in [1.807, 2.05) is 7.11 Å². The maximum Gasteiger partial charge on any atom is 0.0833 e. The van der Waals surface area contributed by atoms with Gasteiger partial charge in [-0.3, -0.25) is 0 Å². The molecule has 0 radical (unpaired) electrons. The van der Waals surface area contributed by atoms with Crippen molar-refractivity contribution in [2.24, 2.45) is 5.92 Å². The number of hydrogen-bond acceptors (Lipinski definition) is 2. The molecule has 18 heavy (non-hydrogen) atoms. The van der Waals surface area contributed by atoms with Crippen molar-refractivity contribution in [3.8, 4) is 0 Å². The average Bonchev–Trinajstić information content (AvgIpc) is 2.94. The van der Waals surface area contributed by atoms with E-state index in [1.165, 1.54) is 64.2 Å². The molecule has 2 aliphatic carbocycles. The lowest BCUT2D eigenvalue weighted by molar-refractivity contribution is -0.0810. The maximum atomic E-state index is 6.09. The molecule has 2 saturated carbocycles. The SMILES string of the molecule is CCCNC(C1CCCC1)C1(OC)CCCCC1. The predicted octanol–water partition coefficient (Wildman–Crippen LogP) is 3.89. The Morgan fingerprint density at radius 2 is 1.78 bits per heavy atom. The summed E-state index contributed by atoms with van der Waals surface area (Å²) in [7, 11) is 1.95. The van der Waals surface area contributed by atoms with Gasteiger partial charge in [-0.1, -0.05) is 39.0 Å². The molecule has 0 aromatic rings. The summed E-state index contributed by atoms with van der Waals surface area (Å²) in [4.78, 5) is 0. The van der Waals surface area contributed by atoms with Crippen LogP contribution in [0, 0.1) is 5.92 Å². The van der Waals surface area contributed by atoms with Crippen molar-refractivity contribution in [2.45, 2.75) is 82.8 Å². The van der Waals surface area contributed by atoms with E-state index in [0.717, 1.165) is 12.5 Å². The second-order valence-electron chi connectivity index (χ2n) is 6.31. The van der Waals surface area contributed by atoms with Crippen molar-refractivity contribution in [2.75, 3.05) is 13.7 Å². The van der Waals surface area contributed by atoms with Crippen LogP contribution in [0.25, 0.3) is 0 Å². The Labute approximate surface area is 113 Å². The Balaban J connectivity index is 2.08. The lowest BCUT2D eigenvalue weighted by atomic mass is 9.74. The van der Waals surface area contributed by atoms with Gasteiger partial charge in [0.15, 0.2) is 0 Å². The summed E-state index contributed by atoms with van der Waals surface area (Å²) >= 11 is 0. The molecule has 2 fully saturated rings. The first kappa shape index (κ1) is 14.3. The maximum absolute atomic E-state index is 6.09. The van der Waals surface area contributed by atoms with Crippen molar-refractivity contribution in [3.05, 3.63) is 0 Å². The van der Waals surface area contributed by atoms with Gasteiger partial charge in [-0.2, -0.15) is 0 Å². The zero-order valence-corrected chi connectivity index (χ0v) is 12.3. The summed E-state index contributed by atoms with van der Waals surface area (Å²) in [6.07, 6.45) is 13.5. The zero-order chi connectivity index (χ0) is 12.8. The zero-order valence-electron chi connectivity index (χ0n) is 12.3. The largest absolute Gasteiger partial charge is 0.377 e. The third kappa shape index (κ3) is 3.08. The molecule has 0 aromatic heterocycles. The molecule has 1 unspecified atom stereocenters. The molecular weight excluding hydrogens is 222 g/mol. The van der Waals surface area contributed by atoms with Gasteiger partial charge in [0.1, 0.15) is 0 Å². The second kappa shape index (κ2) is 6.91. The normalized spacial score (nSPS) is 26.3. The number of methoxy groups -OCH3 is 1. The van der Waals surface area contributed by atoms with Crippen LogP contribution in [-0.2, 0) is 4.74 Å². The Bertz CT molecular complexity index is 229. The van der Waals surface area contributed by atoms with Crippen LogP contribution in [0.3, 0.4) is 0 Å². The molecule has 2 nitrogen and oxygen atoms in total. The fourth-order valence-electron chi connectivity index (χ4n) is 4.17. The molecule has 0 heterocycles. The summed E-state index contributed by atoms with van der Waals surface area (Å²) in [5, 5.41) is 3.85. The molecule has 0 spiro atoms. The Hall–Kier alpha value is -0.0800. The van der Waals surface area contributed by atoms with E-state index in [0.29, 0.717) is 6.04 Å². The highest BCUT2D eigenvalue weighted by molar-refractivity contribution is 4.99. The molecule has 2 aliphatic rings. The summed E-state index contributed by atoms with van der Waals surface area (Å²) in [6, 6.07) is 0.602. The van der Waals surface area contributed by atoms with Crippen LogP contribution < -0.4 is 5.32 Å². The van der Waals surface area contributed by atoms with Gasteiger partial charge in [0, 0.05) is 13.2 Å². The highest BCUT2D eigenvalue weighted by atomic mass is 16.5. The Morgan fingerprint density at radius 1 is 1.11 bits per heavy atom. The molecule has 2 heteroatoms. The smallest absolute Gasteiger partial charge is 0.0833 e. The third-order valence-corrected chi connectivity index (χ3v) is 5.16. The first-order valence-corrected chi connectivity index (χ1v) is 8.11. The Kier molecular flexibility index (Phi) is 5.50. The van der Waals surface area contributed by atoms with Crippen molar-refractivity contribution >= 4 is 0 Å². The van der Waals surface area contributed by atoms with E-state index in [-0.39, 0.29) is 5.60 Å². The van der Waals surface area contributed by atoms with Crippen LogP contribution in [0.5, 0.6) is 0 Å². The molecule has 0 bridgehead atoms. The first-order valence-electron chi connectivity index (χ1n) is 8.11. The van der Waals surface area contributed by atoms with E-state index in [2.05, 4.69) is 12.2 Å². The second-order valence-corrected chi connectivity index (χ2v) is 6.31. The number of rotatable bonds is 6. The summed E-state index contributed by atoms with van der Waals surface area (Å²) in [6.45, 7) is 3.41. The topological polar surface area (TPSA) is 21.3 Å². The van der Waals surface area contributed by atoms with E-state index in [1.54, 1.807) is 0 Å². The fraction of sp³-hybridized carbons (Fsp3) is 1.00. The predicted molar refractivity (Wildman–Crippen MR) is 76.9 cm³/mol. The van der Waals surface area contributed by atoms with Gasteiger partial charge < -0.3 is 10.1 Å². The quantitative estimate of drug-likeness (QED) is 0.775. The van der Waals surface area contributed by atoms with Crippen molar-refractivity contribution in [1.29, 1.82) is 0 Å². The molecule has 0 amide bonds. The first-order chi connectivity index (χ1) is 8.82. The molecular formula is C16H31NO. The van der Waals surface area contributed by atoms with Crippen LogP contribution in [0.15, 0.2) is 0 Å². The van der Waals surface area contributed by atoms with Gasteiger partial charge in [-0.25, -0.2) is 0 Å². The average molecular weight is 253 g/mol. The van der Waals surface area contributed by atoms with E-state index >= 15 is 0 Å². The minimum Gasteiger partial charge on any atom is -0.377 e. The van der Waals surface area contributed by atoms with Gasteiger partial charge >= 0.3 is 0 Å². The van der Waals surface area contributed by atoms with E-state index < -0.39 is 0 Å². The number of nitrogens with one attached hydrogen (secondary N) is 1. The van der Waals surface area contributed by atoms with Gasteiger partial charge in [-0.15, -0.1) is 0 Å². The molecule has 1 atom stereocenters. The number of ether oxygens (including phenoxy) is 1. The lowest BCUT2D eigenvalue weighted by Gasteiger charge is -2.45. The van der Waals surface area contributed by atoms with Crippen molar-refractivity contribution in [3.63, 3.8) is 0 Å². The highest BCUT2D eigenvalue weighted by Gasteiger charge is 2.44. The summed E-state index contributed by atoms with van der Waals surface area (Å²) in [5.41, 5.74) is 0.141. The van der Waals surface area contributed by atoms with Crippen LogP contribution >= 0.6 is 0 Å². The molecule has 0 aromatic carbocycles. The van der Waals surface area contributed by atoms with Gasteiger partial charge in [0.25, 0.3) is 0 Å². The van der Waals surface area contributed by atoms with Crippen LogP contribution in [-0.4, -0.2) is 25.3 Å². The molecule has 0 aliphatic heterocycles. The minimum absolute atomic E-state index is 0.141. The Morgan fingerprint density at radius 3 is 2.33 bits per heavy atom. The number of hydrogen-bond donors (Lipinski definition) is 1. The summed E-state index contributed by atoms with van der Waals surface area (Å²) in [5.74, 6) is 0.856. The molecule has 1 N–H and O–H groups in total. The van der Waals surface area contributed by atoms with Crippen molar-refractivity contribution < 1.29 is 4.74 Å². The highest BCUT2D eigenvalue weighted by Crippen LogP contribution is 2.41. The van der Waals surface area contributed by atoms with Gasteiger partial charge in [0.2, 0.25) is 0 Å². The lowest BCUT2D eigenvalue weighted by Crippen LogP contribution is -2.56. The summed E-state index contributed by atoms with van der Waals surface area (Å²) < 4.78 is 6.09. The molecule has 2 rings (SSSR count). The minimum atomic E-state index is 0.141. The van der Waals surface area contributed by atoms with Crippen LogP contribution in [0.1, 0.15) is 71.1 Å². The third-order valence-electron chi connectivity index (χ3n) is 5.16. The van der Waals surface area contributed by atoms with E-state index in [9.17, 15) is 0 Å². The standard InChI is InChI=1S/C16H31NO/c1-3-13-17-15(14-9-5-6-10-14)16(18-2)11-7-4-8-12-16/h14-15,17H,3-13H2,1-2H3. The molecule has 106 valence electrons. The van der Waals surface area contributed by atoms with Crippen LogP contribution in [0.2, 0.25) is 0 Å². The van der Waals surface area contributed by atoms with Crippen LogP contribution in [0.4, 0.5) is 0 Å². The van der Waals surface area contributed by atoms with E-state index in [4.69, 9.17) is 4.74 Å². The fourth-order valence-corrected chi connectivity index (χ4v) is 4.17. The van der Waals surface area contributed by atoms with Gasteiger partial charge in [0.05, 0.1) is 5.60 Å². The molecule has 0 saturated heterocycles. The van der Waals surface area contributed by atoms with Gasteiger partial charge in [-0.05, 0) is 44.6 Å². The van der Waals surface area contributed by atoms with Crippen molar-refractivity contribution in [1.82, 2.24) is 5.32 Å².